The average molecular weight is 1580 g/mol. The van der Waals surface area contributed by atoms with Gasteiger partial charge >= 0.3 is 0 Å². The van der Waals surface area contributed by atoms with Crippen LogP contribution in [0, 0.1) is 29.6 Å². The zero-order valence-corrected chi connectivity index (χ0v) is 67.9. The predicted octanol–water partition coefficient (Wildman–Crippen LogP) is -1.68. The van der Waals surface area contributed by atoms with Crippen molar-refractivity contribution in [3.8, 4) is 0 Å². The number of carbonyl (C=O) groups excluding carboxylic acids is 12. The second-order valence-electron chi connectivity index (χ2n) is 30.3. The topological polar surface area (TPSA) is 638 Å². The maximum atomic E-state index is 14.9. The first-order valence-electron chi connectivity index (χ1n) is 39.9. The molecule has 634 valence electrons. The van der Waals surface area contributed by atoms with Gasteiger partial charge in [0.25, 0.3) is 0 Å². The number of H-pyrrole nitrogens is 1. The number of para-hydroxylation sites is 1. The van der Waals surface area contributed by atoms with E-state index >= 15 is 0 Å². The molecular weight excluding hydrogens is 1440 g/mol. The molecule has 112 heavy (non-hydrogen) atoms. The Labute approximate surface area is 660 Å². The zero-order valence-electron chi connectivity index (χ0n) is 67.9. The number of aromatic amines is 1. The van der Waals surface area contributed by atoms with E-state index in [4.69, 9.17) is 57.3 Å². The van der Waals surface area contributed by atoms with Crippen LogP contribution in [-0.4, -0.2) is 200 Å². The molecule has 2 aromatic rings. The number of nitrogens with one attached hydrogen (secondary N) is 12. The average Bonchev–Trinajstić information content (AvgIpc) is 1.57. The second-order valence-corrected chi connectivity index (χ2v) is 30.3. The highest BCUT2D eigenvalue weighted by atomic mass is 16.2. The molecule has 0 radical (unpaired) electrons. The van der Waals surface area contributed by atoms with Gasteiger partial charge in [0.1, 0.15) is 66.5 Å². The molecule has 0 aliphatic rings. The van der Waals surface area contributed by atoms with Crippen LogP contribution in [0.2, 0.25) is 0 Å². The normalized spacial score (nSPS) is 15.2. The minimum absolute atomic E-state index is 0.0281. The van der Waals surface area contributed by atoms with Crippen LogP contribution in [0.15, 0.2) is 40.4 Å². The predicted molar refractivity (Wildman–Crippen MR) is 435 cm³/mol. The number of unbranched alkanes of at least 4 members (excludes halogenated alkanes) is 4. The highest BCUT2D eigenvalue weighted by molar-refractivity contribution is 6.00. The third kappa shape index (κ3) is 36.9. The number of amides is 12. The van der Waals surface area contributed by atoms with Crippen LogP contribution >= 0.6 is 0 Å². The van der Waals surface area contributed by atoms with Gasteiger partial charge in [0, 0.05) is 36.6 Å². The van der Waals surface area contributed by atoms with E-state index < -0.39 is 161 Å². The quantitative estimate of drug-likeness (QED) is 0.0200. The van der Waals surface area contributed by atoms with Gasteiger partial charge in [-0.25, -0.2) is 0 Å². The van der Waals surface area contributed by atoms with Crippen molar-refractivity contribution in [1.82, 2.24) is 63.5 Å². The minimum atomic E-state index is -1.37. The lowest BCUT2D eigenvalue weighted by Crippen LogP contribution is -2.62. The summed E-state index contributed by atoms with van der Waals surface area (Å²) in [5, 5.41) is 31.6. The lowest BCUT2D eigenvalue weighted by atomic mass is 9.95. The van der Waals surface area contributed by atoms with Crippen molar-refractivity contribution < 1.29 is 57.5 Å². The lowest BCUT2D eigenvalue weighted by molar-refractivity contribution is -0.137. The van der Waals surface area contributed by atoms with Crippen molar-refractivity contribution in [2.24, 2.45) is 96.9 Å². The summed E-state index contributed by atoms with van der Waals surface area (Å²) in [5.41, 5.74) is 58.7. The first-order valence-corrected chi connectivity index (χ1v) is 39.9. The highest BCUT2D eigenvalue weighted by Gasteiger charge is 2.39. The molecule has 14 atom stereocenters. The molecular formula is C76H138N24O12. The summed E-state index contributed by atoms with van der Waals surface area (Å²) < 4.78 is 0. The molecule has 1 aromatic carbocycles. The number of aromatic nitrogens is 1. The molecule has 36 heteroatoms. The van der Waals surface area contributed by atoms with Gasteiger partial charge in [0.2, 0.25) is 70.9 Å². The molecule has 1 heterocycles. The monoisotopic (exact) mass is 1580 g/mol. The fourth-order valence-electron chi connectivity index (χ4n) is 12.5. The van der Waals surface area contributed by atoms with Gasteiger partial charge in [0.15, 0.2) is 11.9 Å². The number of nitrogens with zero attached hydrogens (tertiary/aromatic N) is 2. The fourth-order valence-corrected chi connectivity index (χ4v) is 12.5. The third-order valence-corrected chi connectivity index (χ3v) is 19.5. The maximum Gasteiger partial charge on any atom is 0.243 e. The Hall–Kier alpha value is -9.26. The Morgan fingerprint density at radius 3 is 1.11 bits per heavy atom. The number of benzene rings is 1. The Bertz CT molecular complexity index is 3320. The van der Waals surface area contributed by atoms with Crippen LogP contribution in [0.25, 0.3) is 10.9 Å². The van der Waals surface area contributed by atoms with Crippen molar-refractivity contribution in [1.29, 1.82) is 0 Å². The summed E-state index contributed by atoms with van der Waals surface area (Å²) in [6.07, 6.45) is 7.23. The molecule has 0 saturated carbocycles. The Balaban J connectivity index is 2.58. The number of guanidine groups is 2. The molecule has 0 aliphatic heterocycles. The largest absolute Gasteiger partial charge is 0.370 e. The first-order chi connectivity index (χ1) is 53.1. The van der Waals surface area contributed by atoms with Gasteiger partial charge in [-0.2, -0.15) is 0 Å². The Morgan fingerprint density at radius 2 is 0.696 bits per heavy atom. The van der Waals surface area contributed by atoms with E-state index in [9.17, 15) is 57.5 Å². The smallest absolute Gasteiger partial charge is 0.243 e. The molecule has 0 fully saturated rings. The molecule has 0 bridgehead atoms. The lowest BCUT2D eigenvalue weighted by Gasteiger charge is -2.31. The summed E-state index contributed by atoms with van der Waals surface area (Å²) in [6.45, 7) is 19.2. The van der Waals surface area contributed by atoms with Crippen molar-refractivity contribution in [3.63, 3.8) is 0 Å². The van der Waals surface area contributed by atoms with Gasteiger partial charge in [0.05, 0.1) is 6.04 Å². The summed E-state index contributed by atoms with van der Waals surface area (Å²) in [7, 11) is 0. The van der Waals surface area contributed by atoms with Crippen LogP contribution in [0.3, 0.4) is 0 Å². The molecule has 0 spiro atoms. The standard InChI is InChI=1S/C76H138N24O12/c1-11-46(9)61(100-71(109)58(40-44(5)6)95-67(105)55(30-18-22-36-80)93-72(110)60(45(7)8)98-74(112)62(47(10)12-2)99-68(106)56(32-24-38-88-76(85)86)91-64(102)50(81)26-15-19-33-77)73(111)94-54(29-17-21-35-79)65(103)92-53(28-16-20-34-78)66(104)97-59(41-48-42-89-51-27-14-13-25-49(48)51)70(108)96-57(39-43(3)4)69(107)90-52(63(82)101)31-23-37-87-75(83)84/h13-14,25,27,42-47,50,52-62,89H,11-12,15-24,26,28-41,77-81H2,1-10H3,(H2,82,101)(H,90,107)(H,91,102)(H,92,103)(H,93,110)(H,94,111)(H,95,105)(H,96,108)(H,97,104)(H,98,112)(H,99,106)(H,100,109)(H4,83,84,87)(H4,85,86,88)/t46-,47-,50-,52-,53-,54-,55-,56-,57-,58-,59-,60-,61-,62-/m0/s1. The first kappa shape index (κ1) is 98.8. The van der Waals surface area contributed by atoms with Gasteiger partial charge < -0.3 is 121 Å². The zero-order chi connectivity index (χ0) is 84.2. The van der Waals surface area contributed by atoms with E-state index in [2.05, 4.69) is 73.5 Å². The maximum absolute atomic E-state index is 14.9. The number of aliphatic imine (C=N–C) groups is 2. The number of carbonyl (C=O) groups is 12. The van der Waals surface area contributed by atoms with E-state index in [-0.39, 0.29) is 121 Å². The van der Waals surface area contributed by atoms with Gasteiger partial charge in [-0.3, -0.25) is 67.5 Å². The van der Waals surface area contributed by atoms with E-state index in [1.807, 2.05) is 58.9 Å². The van der Waals surface area contributed by atoms with Crippen molar-refractivity contribution in [2.45, 2.75) is 277 Å². The number of fused-ring (bicyclic) bond motifs is 1. The van der Waals surface area contributed by atoms with Gasteiger partial charge in [-0.15, -0.1) is 0 Å². The van der Waals surface area contributed by atoms with E-state index in [1.165, 1.54) is 0 Å². The second kappa shape index (κ2) is 53.6. The van der Waals surface area contributed by atoms with E-state index in [0.29, 0.717) is 82.7 Å². The summed E-state index contributed by atoms with van der Waals surface area (Å²) >= 11 is 0. The Morgan fingerprint density at radius 1 is 0.375 bits per heavy atom. The summed E-state index contributed by atoms with van der Waals surface area (Å²) in [4.78, 5) is 184. The number of hydrogen-bond acceptors (Lipinski definition) is 19. The van der Waals surface area contributed by atoms with Gasteiger partial charge in [-0.05, 0) is 177 Å². The summed E-state index contributed by atoms with van der Waals surface area (Å²) in [6, 6.07) is -7.56. The SMILES string of the molecule is CC[C@H](C)[C@H](NC(=O)[C@H](CC(C)C)NC(=O)[C@H](CCCCN)NC(=O)[C@@H](NC(=O)[C@@H](NC(=O)[C@H](CCCN=C(N)N)NC(=O)[C@@H](N)CCCCN)[C@@H](C)CC)C(C)C)C(=O)N[C@@H](CCCCN)C(=O)N[C@@H](CCCCN)C(=O)N[C@@H](Cc1c[nH]c2ccccc12)C(=O)N[C@@H](CC(C)C)C(=O)N[C@@H](CCCN=C(N)N)C(N)=O. The van der Waals surface area contributed by atoms with E-state index in [0.717, 1.165) is 10.9 Å². The van der Waals surface area contributed by atoms with Crippen molar-refractivity contribution in [2.75, 3.05) is 39.3 Å². The number of hydrogen-bond donors (Lipinski definition) is 22. The number of rotatable bonds is 58. The van der Waals surface area contributed by atoms with Crippen molar-refractivity contribution in [3.05, 3.63) is 36.0 Å². The number of nitrogens with two attached hydrogens (primary N) is 10. The van der Waals surface area contributed by atoms with Crippen LogP contribution in [-0.2, 0) is 64.0 Å². The van der Waals surface area contributed by atoms with Crippen molar-refractivity contribution >= 4 is 93.7 Å². The molecule has 0 saturated heterocycles. The fraction of sp³-hybridized carbons (Fsp3) is 0.711. The summed E-state index contributed by atoms with van der Waals surface area (Å²) in [5.74, 6) is -11.2. The Kier molecular flexibility index (Phi) is 47.3. The highest BCUT2D eigenvalue weighted by Crippen LogP contribution is 2.22. The third-order valence-electron chi connectivity index (χ3n) is 19.5. The molecule has 12 amide bonds. The minimum Gasteiger partial charge on any atom is -0.370 e. The molecule has 36 nitrogen and oxygen atoms in total. The van der Waals surface area contributed by atoms with Crippen LogP contribution < -0.4 is 116 Å². The molecule has 0 unspecified atom stereocenters. The van der Waals surface area contributed by atoms with Crippen LogP contribution in [0.4, 0.5) is 0 Å². The molecule has 2 rings (SSSR count). The molecule has 32 N–H and O–H groups in total. The van der Waals surface area contributed by atoms with Crippen LogP contribution in [0.5, 0.6) is 0 Å². The molecule has 0 aliphatic carbocycles. The van der Waals surface area contributed by atoms with Gasteiger partial charge in [-0.1, -0.05) is 107 Å². The van der Waals surface area contributed by atoms with Crippen LogP contribution in [0.1, 0.15) is 203 Å². The number of primary amides is 1. The van der Waals surface area contributed by atoms with E-state index in [1.54, 1.807) is 40.8 Å². The molecule has 1 aromatic heterocycles.